The molecule has 3 aromatic heterocycles. The Balaban J connectivity index is 0.00000481. The molecule has 53 heavy (non-hydrogen) atoms. The number of rotatable bonds is 9. The maximum Gasteiger partial charge on any atom is 2.00 e. The van der Waals surface area contributed by atoms with Gasteiger partial charge in [-0.1, -0.05) is 89.4 Å². The van der Waals surface area contributed by atoms with Gasteiger partial charge in [-0.25, -0.2) is 4.98 Å². The number of ether oxygens (including phenoxy) is 1. The molecule has 0 fully saturated rings. The number of hydrogen-bond acceptors (Lipinski definition) is 3. The average Bonchev–Trinajstić information content (AvgIpc) is 3.61. The number of benzene rings is 4. The summed E-state index contributed by atoms with van der Waals surface area (Å²) in [6.07, 6.45) is 5.26. The van der Waals surface area contributed by atoms with Crippen LogP contribution in [0.1, 0.15) is 99.5 Å². The van der Waals surface area contributed by atoms with E-state index >= 15 is 0 Å². The van der Waals surface area contributed by atoms with Gasteiger partial charge in [-0.15, -0.1) is 41.3 Å². The summed E-state index contributed by atoms with van der Waals surface area (Å²) in [6.45, 7) is 22.1. The van der Waals surface area contributed by atoms with E-state index in [1.807, 2.05) is 12.3 Å². The van der Waals surface area contributed by atoms with Crippen molar-refractivity contribution in [1.82, 2.24) is 19.3 Å². The summed E-state index contributed by atoms with van der Waals surface area (Å²) in [6, 6.07) is 33.1. The van der Waals surface area contributed by atoms with Crippen molar-refractivity contribution in [1.29, 1.82) is 0 Å². The van der Waals surface area contributed by atoms with Crippen molar-refractivity contribution in [3.8, 4) is 34.1 Å². The van der Waals surface area contributed by atoms with Crippen LogP contribution in [0.15, 0.2) is 79.0 Å². The minimum Gasteiger partial charge on any atom is -0.509 e. The van der Waals surface area contributed by atoms with Gasteiger partial charge in [0.25, 0.3) is 0 Å². The number of unbranched alkanes of at least 4 members (excludes halogenated alkanes) is 1. The van der Waals surface area contributed by atoms with Crippen LogP contribution < -0.4 is 4.74 Å². The summed E-state index contributed by atoms with van der Waals surface area (Å²) in [5.41, 5.74) is 13.7. The van der Waals surface area contributed by atoms with E-state index in [4.69, 9.17) is 14.8 Å². The summed E-state index contributed by atoms with van der Waals surface area (Å²) in [5.74, 6) is 2.37. The standard InChI is InChI=1S/C47H50N4O.Pd/c1-11-12-15-34-20-21-48-43(24-34)50-41-17-14-13-16-39(41)40-19-18-37(28-42(40)50)52-38-26-35(47(8,9)10)25-36(27-38)51-46(29(2)3)45(33(7)49-51)44-31(5)22-30(4)23-32(44)6;/h13-14,16-26,29H,11-12,15H2,1-10H3;/q-2;+2. The molecule has 3 heterocycles. The molecule has 6 heteroatoms. The minimum absolute atomic E-state index is 0. The molecule has 5 nitrogen and oxygen atoms in total. The molecule has 0 radical (unpaired) electrons. The Morgan fingerprint density at radius 1 is 0.811 bits per heavy atom. The van der Waals surface area contributed by atoms with Crippen molar-refractivity contribution < 1.29 is 25.2 Å². The number of para-hydroxylation sites is 1. The maximum absolute atomic E-state index is 6.74. The normalized spacial score (nSPS) is 11.8. The number of aryl methyl sites for hydroxylation is 5. The molecule has 0 spiro atoms. The van der Waals surface area contributed by atoms with E-state index in [-0.39, 0.29) is 31.8 Å². The van der Waals surface area contributed by atoms with Crippen LogP contribution in [0, 0.1) is 39.8 Å². The molecular formula is C47H50N4OPd. The van der Waals surface area contributed by atoms with Crippen molar-refractivity contribution in [3.05, 3.63) is 130 Å². The Morgan fingerprint density at radius 2 is 1.55 bits per heavy atom. The molecule has 0 unspecified atom stereocenters. The number of fused-ring (bicyclic) bond motifs is 3. The third-order valence-corrected chi connectivity index (χ3v) is 10.1. The van der Waals surface area contributed by atoms with Gasteiger partial charge in [0.15, 0.2) is 0 Å². The van der Waals surface area contributed by atoms with Crippen molar-refractivity contribution in [3.63, 3.8) is 0 Å². The molecule has 0 bridgehead atoms. The van der Waals surface area contributed by atoms with Crippen molar-refractivity contribution in [2.45, 2.75) is 99.8 Å². The molecule has 7 rings (SSSR count). The molecule has 0 aliphatic heterocycles. The zero-order chi connectivity index (χ0) is 36.9. The van der Waals surface area contributed by atoms with E-state index in [0.717, 1.165) is 63.8 Å². The van der Waals surface area contributed by atoms with Gasteiger partial charge in [-0.05, 0) is 103 Å². The number of aromatic nitrogens is 4. The van der Waals surface area contributed by atoms with Gasteiger partial charge in [0.05, 0.1) is 11.4 Å². The van der Waals surface area contributed by atoms with Gasteiger partial charge in [0, 0.05) is 28.8 Å². The second-order valence-electron chi connectivity index (χ2n) is 15.7. The fourth-order valence-electron chi connectivity index (χ4n) is 7.69. The Bertz CT molecular complexity index is 2420. The van der Waals surface area contributed by atoms with E-state index < -0.39 is 0 Å². The zero-order valence-electron chi connectivity index (χ0n) is 32.7. The van der Waals surface area contributed by atoms with E-state index in [0.29, 0.717) is 11.5 Å². The van der Waals surface area contributed by atoms with Gasteiger partial charge in [0.2, 0.25) is 0 Å². The molecule has 0 N–H and O–H groups in total. The van der Waals surface area contributed by atoms with Gasteiger partial charge in [-0.3, -0.25) is 4.68 Å². The fraction of sp³-hybridized carbons (Fsp3) is 0.319. The Morgan fingerprint density at radius 3 is 2.25 bits per heavy atom. The summed E-state index contributed by atoms with van der Waals surface area (Å²) in [5, 5.41) is 7.47. The third kappa shape index (κ3) is 7.37. The van der Waals surface area contributed by atoms with Crippen LogP contribution in [0.4, 0.5) is 0 Å². The Hall–Kier alpha value is -4.50. The maximum atomic E-state index is 6.74. The topological polar surface area (TPSA) is 44.9 Å². The summed E-state index contributed by atoms with van der Waals surface area (Å²) in [7, 11) is 0. The monoisotopic (exact) mass is 792 g/mol. The third-order valence-electron chi connectivity index (χ3n) is 10.1. The van der Waals surface area contributed by atoms with E-state index in [1.165, 1.54) is 39.1 Å². The molecule has 0 atom stereocenters. The average molecular weight is 793 g/mol. The van der Waals surface area contributed by atoms with Crippen LogP contribution >= 0.6 is 0 Å². The summed E-state index contributed by atoms with van der Waals surface area (Å²) < 4.78 is 11.0. The number of pyridine rings is 1. The molecular weight excluding hydrogens is 743 g/mol. The van der Waals surface area contributed by atoms with Gasteiger partial charge < -0.3 is 9.30 Å². The molecule has 274 valence electrons. The SMILES string of the molecule is CCCCc1ccnc(-n2c3[c-]c(Oc4[c-]c(-n5nc(C)c(-c6c(C)cc(C)cc6C)c5C(C)C)cc(C(C)(C)C)c4)ccc3c3ccccc32)c1.[Pd+2]. The number of nitrogens with zero attached hydrogens (tertiary/aromatic N) is 4. The second kappa shape index (κ2) is 15.1. The first-order valence-corrected chi connectivity index (χ1v) is 18.7. The van der Waals surface area contributed by atoms with Gasteiger partial charge in [-0.2, -0.15) is 11.2 Å². The Kier molecular flexibility index (Phi) is 10.9. The van der Waals surface area contributed by atoms with Crippen molar-refractivity contribution in [2.24, 2.45) is 0 Å². The minimum atomic E-state index is -0.135. The van der Waals surface area contributed by atoms with Crippen LogP contribution in [0.3, 0.4) is 0 Å². The van der Waals surface area contributed by atoms with Crippen LogP contribution in [-0.4, -0.2) is 19.3 Å². The molecule has 0 aliphatic rings. The first kappa shape index (κ1) is 38.2. The molecule has 0 aliphatic carbocycles. The molecule has 0 amide bonds. The Labute approximate surface area is 329 Å². The first-order chi connectivity index (χ1) is 24.8. The number of hydrogen-bond donors (Lipinski definition) is 0. The quantitative estimate of drug-likeness (QED) is 0.108. The van der Waals surface area contributed by atoms with E-state index in [9.17, 15) is 0 Å². The van der Waals surface area contributed by atoms with Gasteiger partial charge >= 0.3 is 20.4 Å². The van der Waals surface area contributed by atoms with E-state index in [1.54, 1.807) is 0 Å². The smallest absolute Gasteiger partial charge is 0.509 e. The molecule has 4 aromatic carbocycles. The van der Waals surface area contributed by atoms with Crippen molar-refractivity contribution >= 4 is 21.8 Å². The van der Waals surface area contributed by atoms with Crippen LogP contribution in [0.5, 0.6) is 11.5 Å². The molecule has 0 saturated heterocycles. The predicted octanol–water partition coefficient (Wildman–Crippen LogP) is 12.4. The van der Waals surface area contributed by atoms with Crippen molar-refractivity contribution in [2.75, 3.05) is 0 Å². The molecule has 7 aromatic rings. The van der Waals surface area contributed by atoms with E-state index in [2.05, 4.69) is 157 Å². The van der Waals surface area contributed by atoms with Crippen LogP contribution in [-0.2, 0) is 32.3 Å². The van der Waals surface area contributed by atoms with Crippen LogP contribution in [0.25, 0.3) is 44.4 Å². The summed E-state index contributed by atoms with van der Waals surface area (Å²) in [4.78, 5) is 4.84. The predicted molar refractivity (Wildman–Crippen MR) is 216 cm³/mol. The second-order valence-corrected chi connectivity index (χ2v) is 15.7. The van der Waals surface area contributed by atoms with Crippen LogP contribution in [0.2, 0.25) is 0 Å². The summed E-state index contributed by atoms with van der Waals surface area (Å²) >= 11 is 0. The zero-order valence-corrected chi connectivity index (χ0v) is 34.3. The fourth-order valence-corrected chi connectivity index (χ4v) is 7.69. The van der Waals surface area contributed by atoms with Gasteiger partial charge in [0.1, 0.15) is 5.82 Å². The molecule has 0 saturated carbocycles. The first-order valence-electron chi connectivity index (χ1n) is 18.7. The largest absolute Gasteiger partial charge is 2.00 e.